The van der Waals surface area contributed by atoms with E-state index in [-0.39, 0.29) is 18.1 Å². The summed E-state index contributed by atoms with van der Waals surface area (Å²) in [4.78, 5) is 26.6. The summed E-state index contributed by atoms with van der Waals surface area (Å²) in [5.41, 5.74) is 0.675. The van der Waals surface area contributed by atoms with Crippen LogP contribution in [0.4, 0.5) is 10.8 Å². The van der Waals surface area contributed by atoms with E-state index < -0.39 is 4.92 Å². The molecule has 0 atom stereocenters. The normalized spacial score (nSPS) is 15.7. The van der Waals surface area contributed by atoms with E-state index in [0.717, 1.165) is 12.8 Å². The number of carbonyl (C=O) groups excluding carboxylic acids is 1. The van der Waals surface area contributed by atoms with Crippen LogP contribution in [-0.4, -0.2) is 28.4 Å². The number of benzene rings is 1. The first-order valence-electron chi connectivity index (χ1n) is 7.70. The Morgan fingerprint density at radius 1 is 1.35 bits per heavy atom. The molecule has 1 aromatic carbocycles. The van der Waals surface area contributed by atoms with Crippen LogP contribution in [0.3, 0.4) is 0 Å². The number of nitro benzene ring substituents is 1. The van der Waals surface area contributed by atoms with Crippen molar-refractivity contribution in [1.29, 1.82) is 0 Å². The Labute approximate surface area is 137 Å². The Bertz CT molecular complexity index is 725. The Morgan fingerprint density at radius 3 is 2.87 bits per heavy atom. The quantitative estimate of drug-likeness (QED) is 0.647. The Hall–Kier alpha value is -2.06. The molecule has 1 aromatic heterocycles. The maximum Gasteiger partial charge on any atom is 0.270 e. The standard InChI is InChI=1S/C15H18N4O3S/c20-14(9-16-10-4-2-1-3-5-10)18-15-17-12-7-6-11(19(21)22)8-13(12)23-15/h6-8,10,16H,1-5,9H2,(H,17,18,20). The number of nitro groups is 1. The van der Waals surface area contributed by atoms with Crippen molar-refractivity contribution >= 4 is 38.3 Å². The molecule has 0 bridgehead atoms. The van der Waals surface area contributed by atoms with E-state index in [1.165, 1.54) is 42.7 Å². The number of nitrogens with zero attached hydrogens (tertiary/aromatic N) is 2. The zero-order chi connectivity index (χ0) is 16.2. The molecule has 1 fully saturated rings. The first-order chi connectivity index (χ1) is 11.1. The van der Waals surface area contributed by atoms with Crippen molar-refractivity contribution in [3.63, 3.8) is 0 Å². The summed E-state index contributed by atoms with van der Waals surface area (Å²) < 4.78 is 0.690. The number of hydrogen-bond donors (Lipinski definition) is 2. The van der Waals surface area contributed by atoms with Crippen LogP contribution in [0.25, 0.3) is 10.2 Å². The van der Waals surface area contributed by atoms with E-state index in [0.29, 0.717) is 21.4 Å². The zero-order valence-electron chi connectivity index (χ0n) is 12.6. The molecule has 23 heavy (non-hydrogen) atoms. The predicted molar refractivity (Wildman–Crippen MR) is 89.8 cm³/mol. The lowest BCUT2D eigenvalue weighted by molar-refractivity contribution is -0.384. The minimum absolute atomic E-state index is 0.0259. The average Bonchev–Trinajstić information content (AvgIpc) is 2.95. The van der Waals surface area contributed by atoms with Gasteiger partial charge >= 0.3 is 0 Å². The predicted octanol–water partition coefficient (Wildman–Crippen LogP) is 3.07. The van der Waals surface area contributed by atoms with Gasteiger partial charge in [0.25, 0.3) is 5.69 Å². The average molecular weight is 334 g/mol. The third kappa shape index (κ3) is 4.02. The van der Waals surface area contributed by atoms with Gasteiger partial charge in [-0.3, -0.25) is 14.9 Å². The van der Waals surface area contributed by atoms with Crippen LogP contribution < -0.4 is 10.6 Å². The van der Waals surface area contributed by atoms with Gasteiger partial charge in [-0.05, 0) is 18.9 Å². The molecule has 0 spiro atoms. The molecule has 0 unspecified atom stereocenters. The Morgan fingerprint density at radius 2 is 2.13 bits per heavy atom. The first kappa shape index (κ1) is 15.8. The van der Waals surface area contributed by atoms with Crippen molar-refractivity contribution in [2.45, 2.75) is 38.1 Å². The molecule has 2 N–H and O–H groups in total. The van der Waals surface area contributed by atoms with Gasteiger partial charge in [-0.2, -0.15) is 0 Å². The maximum atomic E-state index is 12.0. The monoisotopic (exact) mass is 334 g/mol. The second-order valence-electron chi connectivity index (χ2n) is 5.69. The van der Waals surface area contributed by atoms with Crippen LogP contribution in [0.1, 0.15) is 32.1 Å². The van der Waals surface area contributed by atoms with E-state index in [1.54, 1.807) is 6.07 Å². The van der Waals surface area contributed by atoms with Gasteiger partial charge in [0, 0.05) is 18.2 Å². The molecule has 1 aliphatic carbocycles. The summed E-state index contributed by atoms with van der Waals surface area (Å²) >= 11 is 1.24. The summed E-state index contributed by atoms with van der Waals surface area (Å²) in [6, 6.07) is 4.91. The molecular weight excluding hydrogens is 316 g/mol. The minimum Gasteiger partial charge on any atom is -0.306 e. The summed E-state index contributed by atoms with van der Waals surface area (Å²) in [6.45, 7) is 0.265. The third-order valence-corrected chi connectivity index (χ3v) is 4.92. The van der Waals surface area contributed by atoms with Gasteiger partial charge in [-0.1, -0.05) is 30.6 Å². The topological polar surface area (TPSA) is 97.2 Å². The molecule has 0 radical (unpaired) electrons. The van der Waals surface area contributed by atoms with E-state index in [4.69, 9.17) is 0 Å². The van der Waals surface area contributed by atoms with Gasteiger partial charge in [-0.25, -0.2) is 4.98 Å². The lowest BCUT2D eigenvalue weighted by Gasteiger charge is -2.22. The van der Waals surface area contributed by atoms with Crippen LogP contribution in [0.15, 0.2) is 18.2 Å². The SMILES string of the molecule is O=C(CNC1CCCCC1)Nc1nc2ccc([N+](=O)[O-])cc2s1. The smallest absolute Gasteiger partial charge is 0.270 e. The van der Waals surface area contributed by atoms with Gasteiger partial charge in [0.2, 0.25) is 5.91 Å². The number of anilines is 1. The minimum atomic E-state index is -0.439. The highest BCUT2D eigenvalue weighted by Gasteiger charge is 2.15. The number of nitrogens with one attached hydrogen (secondary N) is 2. The van der Waals surface area contributed by atoms with Gasteiger partial charge < -0.3 is 10.6 Å². The summed E-state index contributed by atoms with van der Waals surface area (Å²) in [7, 11) is 0. The molecule has 2 aromatic rings. The van der Waals surface area contributed by atoms with Gasteiger partial charge in [-0.15, -0.1) is 0 Å². The number of thiazole rings is 1. The van der Waals surface area contributed by atoms with Crippen LogP contribution in [0.5, 0.6) is 0 Å². The number of non-ortho nitro benzene ring substituents is 1. The highest BCUT2D eigenvalue weighted by Crippen LogP contribution is 2.29. The van der Waals surface area contributed by atoms with Crippen LogP contribution in [0.2, 0.25) is 0 Å². The second kappa shape index (κ2) is 7.01. The lowest BCUT2D eigenvalue weighted by Crippen LogP contribution is -2.37. The summed E-state index contributed by atoms with van der Waals surface area (Å²) in [5.74, 6) is -0.135. The van der Waals surface area contributed by atoms with Gasteiger partial charge in [0.1, 0.15) is 0 Å². The van der Waals surface area contributed by atoms with E-state index >= 15 is 0 Å². The highest BCUT2D eigenvalue weighted by atomic mass is 32.1. The van der Waals surface area contributed by atoms with Crippen LogP contribution in [0, 0.1) is 10.1 Å². The molecule has 1 saturated carbocycles. The van der Waals surface area contributed by atoms with Crippen molar-refractivity contribution in [3.05, 3.63) is 28.3 Å². The highest BCUT2D eigenvalue weighted by molar-refractivity contribution is 7.22. The van der Waals surface area contributed by atoms with Crippen LogP contribution >= 0.6 is 11.3 Å². The first-order valence-corrected chi connectivity index (χ1v) is 8.52. The summed E-state index contributed by atoms with van der Waals surface area (Å²) in [6.07, 6.45) is 5.96. The number of carbonyl (C=O) groups is 1. The number of aromatic nitrogens is 1. The van der Waals surface area contributed by atoms with Crippen molar-refractivity contribution in [2.75, 3.05) is 11.9 Å². The maximum absolute atomic E-state index is 12.0. The molecule has 1 heterocycles. The zero-order valence-corrected chi connectivity index (χ0v) is 13.4. The molecule has 0 aliphatic heterocycles. The molecule has 0 saturated heterocycles. The molecule has 3 rings (SSSR count). The van der Waals surface area contributed by atoms with Crippen molar-refractivity contribution in [1.82, 2.24) is 10.3 Å². The Balaban J connectivity index is 1.59. The number of rotatable bonds is 5. The van der Waals surface area contributed by atoms with Crippen molar-refractivity contribution in [3.8, 4) is 0 Å². The third-order valence-electron chi connectivity index (χ3n) is 3.99. The number of fused-ring (bicyclic) bond motifs is 1. The molecule has 8 heteroatoms. The fourth-order valence-electron chi connectivity index (χ4n) is 2.79. The molecule has 1 amide bonds. The summed E-state index contributed by atoms with van der Waals surface area (Å²) in [5, 5.41) is 17.3. The molecule has 1 aliphatic rings. The Kier molecular flexibility index (Phi) is 4.82. The molecule has 7 nitrogen and oxygen atoms in total. The van der Waals surface area contributed by atoms with Gasteiger partial charge in [0.05, 0.1) is 21.7 Å². The fraction of sp³-hybridized carbons (Fsp3) is 0.467. The van der Waals surface area contributed by atoms with Crippen molar-refractivity contribution < 1.29 is 9.72 Å². The lowest BCUT2D eigenvalue weighted by atomic mass is 9.95. The van der Waals surface area contributed by atoms with Crippen LogP contribution in [-0.2, 0) is 4.79 Å². The van der Waals surface area contributed by atoms with E-state index in [2.05, 4.69) is 15.6 Å². The van der Waals surface area contributed by atoms with Crippen molar-refractivity contribution in [2.24, 2.45) is 0 Å². The number of amides is 1. The van der Waals surface area contributed by atoms with Gasteiger partial charge in [0.15, 0.2) is 5.13 Å². The fourth-order valence-corrected chi connectivity index (χ4v) is 3.70. The molecular formula is C15H18N4O3S. The second-order valence-corrected chi connectivity index (χ2v) is 6.72. The molecule has 122 valence electrons. The largest absolute Gasteiger partial charge is 0.306 e. The van der Waals surface area contributed by atoms with E-state index in [9.17, 15) is 14.9 Å². The number of hydrogen-bond acceptors (Lipinski definition) is 6. The van der Waals surface area contributed by atoms with E-state index in [1.807, 2.05) is 0 Å².